The van der Waals surface area contributed by atoms with E-state index in [2.05, 4.69) is 48.7 Å². The molecule has 0 aliphatic rings. The third-order valence-corrected chi connectivity index (χ3v) is 2.41. The SMILES string of the molecule is CC(C)(C)CCc1ccc(NC=NO)cc1.CNC. The van der Waals surface area contributed by atoms with Crippen LogP contribution < -0.4 is 10.6 Å². The van der Waals surface area contributed by atoms with Crippen molar-refractivity contribution in [2.45, 2.75) is 33.6 Å². The van der Waals surface area contributed by atoms with E-state index in [-0.39, 0.29) is 0 Å². The van der Waals surface area contributed by atoms with Gasteiger partial charge in [-0.3, -0.25) is 0 Å². The molecule has 19 heavy (non-hydrogen) atoms. The number of nitrogens with zero attached hydrogens (tertiary/aromatic N) is 1. The van der Waals surface area contributed by atoms with Crippen molar-refractivity contribution in [2.24, 2.45) is 10.6 Å². The van der Waals surface area contributed by atoms with Crippen LogP contribution in [0.25, 0.3) is 0 Å². The van der Waals surface area contributed by atoms with Gasteiger partial charge in [0.05, 0.1) is 0 Å². The molecule has 4 nitrogen and oxygen atoms in total. The standard InChI is InChI=1S/C13H20N2O.C2H7N/c1-13(2,3)9-8-11-4-6-12(7-5-11)14-10-15-16;1-3-2/h4-7,10,16H,8-9H2,1-3H3,(H,14,15);3H,1-2H3. The molecule has 0 atom stereocenters. The molecule has 1 aromatic carbocycles. The van der Waals surface area contributed by atoms with Crippen molar-refractivity contribution in [1.29, 1.82) is 0 Å². The van der Waals surface area contributed by atoms with Crippen LogP contribution in [0.4, 0.5) is 5.69 Å². The molecule has 0 heterocycles. The van der Waals surface area contributed by atoms with Gasteiger partial charge >= 0.3 is 0 Å². The summed E-state index contributed by atoms with van der Waals surface area (Å²) in [5, 5.41) is 16.8. The highest BCUT2D eigenvalue weighted by atomic mass is 16.4. The maximum absolute atomic E-state index is 8.26. The molecule has 1 aromatic rings. The van der Waals surface area contributed by atoms with Gasteiger partial charge in [0, 0.05) is 5.69 Å². The Labute approximate surface area is 116 Å². The lowest BCUT2D eigenvalue weighted by atomic mass is 9.89. The largest absolute Gasteiger partial charge is 0.410 e. The molecule has 0 aliphatic heterocycles. The molecular weight excluding hydrogens is 238 g/mol. The fourth-order valence-electron chi connectivity index (χ4n) is 1.39. The van der Waals surface area contributed by atoms with Crippen LogP contribution in [0.3, 0.4) is 0 Å². The number of hydrogen-bond acceptors (Lipinski definition) is 3. The maximum atomic E-state index is 8.26. The summed E-state index contributed by atoms with van der Waals surface area (Å²) in [7, 11) is 3.75. The molecule has 108 valence electrons. The molecule has 0 aromatic heterocycles. The summed E-state index contributed by atoms with van der Waals surface area (Å²) in [5.41, 5.74) is 2.64. The van der Waals surface area contributed by atoms with Crippen molar-refractivity contribution < 1.29 is 5.21 Å². The summed E-state index contributed by atoms with van der Waals surface area (Å²) in [4.78, 5) is 0. The Balaban J connectivity index is 0.000000982. The van der Waals surface area contributed by atoms with Crippen LogP contribution in [0.15, 0.2) is 29.4 Å². The summed E-state index contributed by atoms with van der Waals surface area (Å²) in [6.07, 6.45) is 3.53. The zero-order valence-corrected chi connectivity index (χ0v) is 12.7. The van der Waals surface area contributed by atoms with Crippen LogP contribution >= 0.6 is 0 Å². The molecule has 0 saturated carbocycles. The molecule has 1 rings (SSSR count). The first kappa shape index (κ1) is 17.4. The second kappa shape index (κ2) is 9.39. The van der Waals surface area contributed by atoms with E-state index < -0.39 is 0 Å². The Morgan fingerprint density at radius 3 is 2.11 bits per heavy atom. The van der Waals surface area contributed by atoms with Gasteiger partial charge in [0.1, 0.15) is 6.34 Å². The Morgan fingerprint density at radius 2 is 1.68 bits per heavy atom. The molecule has 0 bridgehead atoms. The van der Waals surface area contributed by atoms with E-state index >= 15 is 0 Å². The van der Waals surface area contributed by atoms with E-state index in [4.69, 9.17) is 5.21 Å². The van der Waals surface area contributed by atoms with Gasteiger partial charge in [0.25, 0.3) is 0 Å². The molecule has 0 fully saturated rings. The lowest BCUT2D eigenvalue weighted by Crippen LogP contribution is -2.06. The quantitative estimate of drug-likeness (QED) is 0.339. The van der Waals surface area contributed by atoms with Crippen LogP contribution in [0, 0.1) is 5.41 Å². The Morgan fingerprint density at radius 1 is 1.16 bits per heavy atom. The highest BCUT2D eigenvalue weighted by Gasteiger charge is 2.09. The monoisotopic (exact) mass is 265 g/mol. The number of nitrogens with one attached hydrogen (secondary N) is 2. The van der Waals surface area contributed by atoms with Gasteiger partial charge in [0.15, 0.2) is 0 Å². The van der Waals surface area contributed by atoms with E-state index in [1.54, 1.807) is 0 Å². The first-order chi connectivity index (χ1) is 8.92. The highest BCUT2D eigenvalue weighted by Crippen LogP contribution is 2.21. The minimum atomic E-state index is 0.375. The summed E-state index contributed by atoms with van der Waals surface area (Å²) in [6.45, 7) is 6.75. The van der Waals surface area contributed by atoms with Crippen molar-refractivity contribution in [2.75, 3.05) is 19.4 Å². The molecular formula is C15H27N3O. The number of anilines is 1. The van der Waals surface area contributed by atoms with Crippen LogP contribution in [0.5, 0.6) is 0 Å². The average Bonchev–Trinajstić information content (AvgIpc) is 2.35. The van der Waals surface area contributed by atoms with Gasteiger partial charge in [-0.25, -0.2) is 0 Å². The lowest BCUT2D eigenvalue weighted by molar-refractivity contribution is 0.321. The van der Waals surface area contributed by atoms with Gasteiger partial charge in [-0.1, -0.05) is 38.1 Å². The normalized spacial score (nSPS) is 11.0. The first-order valence-electron chi connectivity index (χ1n) is 6.53. The predicted octanol–water partition coefficient (Wildman–Crippen LogP) is 3.33. The molecule has 0 amide bonds. The van der Waals surface area contributed by atoms with Gasteiger partial charge in [-0.2, -0.15) is 0 Å². The van der Waals surface area contributed by atoms with Crippen LogP contribution in [-0.2, 0) is 6.42 Å². The third-order valence-electron chi connectivity index (χ3n) is 2.41. The van der Waals surface area contributed by atoms with Crippen LogP contribution in [0.2, 0.25) is 0 Å². The second-order valence-electron chi connectivity index (χ2n) is 5.65. The minimum absolute atomic E-state index is 0.375. The molecule has 0 saturated heterocycles. The fourth-order valence-corrected chi connectivity index (χ4v) is 1.39. The number of aryl methyl sites for hydroxylation is 1. The number of oxime groups is 1. The maximum Gasteiger partial charge on any atom is 0.132 e. The molecule has 0 spiro atoms. The van der Waals surface area contributed by atoms with Gasteiger partial charge in [-0.05, 0) is 50.0 Å². The van der Waals surface area contributed by atoms with E-state index in [0.717, 1.165) is 12.1 Å². The topological polar surface area (TPSA) is 56.7 Å². The van der Waals surface area contributed by atoms with Crippen molar-refractivity contribution >= 4 is 12.0 Å². The van der Waals surface area contributed by atoms with Crippen molar-refractivity contribution in [1.82, 2.24) is 5.32 Å². The lowest BCUT2D eigenvalue weighted by Gasteiger charge is -2.17. The molecule has 0 aliphatic carbocycles. The Bertz CT molecular complexity index is 353. The smallest absolute Gasteiger partial charge is 0.132 e. The average molecular weight is 265 g/mol. The van der Waals surface area contributed by atoms with Gasteiger partial charge in [0.2, 0.25) is 0 Å². The second-order valence-corrected chi connectivity index (χ2v) is 5.65. The highest BCUT2D eigenvalue weighted by molar-refractivity contribution is 5.74. The fraction of sp³-hybridized carbons (Fsp3) is 0.533. The Hall–Kier alpha value is -1.55. The van der Waals surface area contributed by atoms with Crippen LogP contribution in [-0.4, -0.2) is 25.6 Å². The van der Waals surface area contributed by atoms with Crippen molar-refractivity contribution in [3.05, 3.63) is 29.8 Å². The summed E-state index contributed by atoms with van der Waals surface area (Å²) in [5.74, 6) is 0. The molecule has 0 radical (unpaired) electrons. The van der Waals surface area contributed by atoms with Gasteiger partial charge in [-0.15, -0.1) is 0 Å². The Kier molecular flexibility index (Phi) is 8.62. The van der Waals surface area contributed by atoms with E-state index in [0.29, 0.717) is 5.41 Å². The minimum Gasteiger partial charge on any atom is -0.410 e. The van der Waals surface area contributed by atoms with Gasteiger partial charge < -0.3 is 15.8 Å². The van der Waals surface area contributed by atoms with E-state index in [1.807, 2.05) is 26.2 Å². The molecule has 0 unspecified atom stereocenters. The zero-order chi connectivity index (χ0) is 14.7. The van der Waals surface area contributed by atoms with E-state index in [9.17, 15) is 0 Å². The molecule has 3 N–H and O–H groups in total. The predicted molar refractivity (Wildman–Crippen MR) is 83.1 cm³/mol. The van der Waals surface area contributed by atoms with E-state index in [1.165, 1.54) is 18.3 Å². The third kappa shape index (κ3) is 10.1. The van der Waals surface area contributed by atoms with Crippen molar-refractivity contribution in [3.63, 3.8) is 0 Å². The van der Waals surface area contributed by atoms with Crippen LogP contribution in [0.1, 0.15) is 32.8 Å². The van der Waals surface area contributed by atoms with Crippen molar-refractivity contribution in [3.8, 4) is 0 Å². The number of hydrogen-bond donors (Lipinski definition) is 3. The molecule has 4 heteroatoms. The summed E-state index contributed by atoms with van der Waals surface area (Å²) < 4.78 is 0. The first-order valence-corrected chi connectivity index (χ1v) is 6.53. The zero-order valence-electron chi connectivity index (χ0n) is 12.7. The number of rotatable bonds is 4. The summed E-state index contributed by atoms with van der Waals surface area (Å²) in [6, 6.07) is 8.16. The summed E-state index contributed by atoms with van der Waals surface area (Å²) >= 11 is 0. The number of benzene rings is 1.